The van der Waals surface area contributed by atoms with Gasteiger partial charge in [-0.25, -0.2) is 13.2 Å². The molecule has 0 atom stereocenters. The van der Waals surface area contributed by atoms with Crippen molar-refractivity contribution in [3.05, 3.63) is 83.2 Å². The first kappa shape index (κ1) is 16.3. The van der Waals surface area contributed by atoms with Crippen LogP contribution in [0.3, 0.4) is 0 Å². The number of benzene rings is 3. The fourth-order valence-corrected chi connectivity index (χ4v) is 2.77. The Morgan fingerprint density at radius 2 is 1.17 bits per heavy atom. The molecular formula is C21H17F3. The standard InChI is InChI=1S/C21H17F3/c1-13-3-6-15(7-4-13)16-8-10-17(11-9-16)18-12-5-14(2)19(20(18)22)21(23)24/h3-12,21H,1-2H3. The molecule has 24 heavy (non-hydrogen) atoms. The average molecular weight is 326 g/mol. The predicted octanol–water partition coefficient (Wildman–Crippen LogP) is 6.71. The van der Waals surface area contributed by atoms with E-state index < -0.39 is 17.8 Å². The Morgan fingerprint density at radius 1 is 0.667 bits per heavy atom. The van der Waals surface area contributed by atoms with E-state index in [4.69, 9.17) is 0 Å². The first-order chi connectivity index (χ1) is 11.5. The van der Waals surface area contributed by atoms with Crippen LogP contribution >= 0.6 is 0 Å². The molecule has 0 spiro atoms. The van der Waals surface area contributed by atoms with Crippen LogP contribution in [0.5, 0.6) is 0 Å². The van der Waals surface area contributed by atoms with Crippen molar-refractivity contribution in [3.63, 3.8) is 0 Å². The zero-order valence-electron chi connectivity index (χ0n) is 13.5. The molecule has 0 saturated heterocycles. The Kier molecular flexibility index (Phi) is 4.43. The maximum absolute atomic E-state index is 14.5. The van der Waals surface area contributed by atoms with Crippen molar-refractivity contribution in [2.24, 2.45) is 0 Å². The fourth-order valence-electron chi connectivity index (χ4n) is 2.77. The summed E-state index contributed by atoms with van der Waals surface area (Å²) in [6.45, 7) is 3.52. The second-order valence-electron chi connectivity index (χ2n) is 5.90. The predicted molar refractivity (Wildman–Crippen MR) is 91.7 cm³/mol. The van der Waals surface area contributed by atoms with Gasteiger partial charge >= 0.3 is 0 Å². The quantitative estimate of drug-likeness (QED) is 0.501. The van der Waals surface area contributed by atoms with Crippen molar-refractivity contribution in [1.82, 2.24) is 0 Å². The molecule has 3 heteroatoms. The number of hydrogen-bond acceptors (Lipinski definition) is 0. The van der Waals surface area contributed by atoms with Crippen molar-refractivity contribution in [2.45, 2.75) is 20.3 Å². The summed E-state index contributed by atoms with van der Waals surface area (Å²) in [5, 5.41) is 0. The maximum atomic E-state index is 14.5. The van der Waals surface area contributed by atoms with Gasteiger partial charge in [0.2, 0.25) is 0 Å². The minimum atomic E-state index is -2.82. The van der Waals surface area contributed by atoms with Gasteiger partial charge in [-0.1, -0.05) is 66.2 Å². The first-order valence-electron chi connectivity index (χ1n) is 7.72. The van der Waals surface area contributed by atoms with Crippen LogP contribution in [0.4, 0.5) is 13.2 Å². The Morgan fingerprint density at radius 3 is 1.71 bits per heavy atom. The zero-order valence-corrected chi connectivity index (χ0v) is 13.5. The van der Waals surface area contributed by atoms with Crippen molar-refractivity contribution in [3.8, 4) is 22.3 Å². The van der Waals surface area contributed by atoms with Crippen LogP contribution in [0.15, 0.2) is 60.7 Å². The Bertz CT molecular complexity index is 848. The average Bonchev–Trinajstić information content (AvgIpc) is 2.56. The molecule has 0 aliphatic carbocycles. The molecule has 0 heterocycles. The van der Waals surface area contributed by atoms with Gasteiger partial charge in [0.15, 0.2) is 0 Å². The van der Waals surface area contributed by atoms with Crippen LogP contribution in [0.2, 0.25) is 0 Å². The highest BCUT2D eigenvalue weighted by atomic mass is 19.3. The van der Waals surface area contributed by atoms with Gasteiger partial charge in [-0.2, -0.15) is 0 Å². The summed E-state index contributed by atoms with van der Waals surface area (Å²) in [7, 11) is 0. The van der Waals surface area contributed by atoms with Gasteiger partial charge in [0.1, 0.15) is 5.82 Å². The summed E-state index contributed by atoms with van der Waals surface area (Å²) < 4.78 is 40.6. The number of aryl methyl sites for hydroxylation is 2. The largest absolute Gasteiger partial charge is 0.266 e. The molecule has 0 aliphatic rings. The highest BCUT2D eigenvalue weighted by Gasteiger charge is 2.20. The molecule has 3 aromatic rings. The molecule has 3 aromatic carbocycles. The Balaban J connectivity index is 2.00. The van der Waals surface area contributed by atoms with Gasteiger partial charge in [0, 0.05) is 5.56 Å². The molecule has 0 radical (unpaired) electrons. The molecule has 0 nitrogen and oxygen atoms in total. The van der Waals surface area contributed by atoms with E-state index in [9.17, 15) is 13.2 Å². The lowest BCUT2D eigenvalue weighted by Crippen LogP contribution is -1.98. The molecule has 0 aromatic heterocycles. The van der Waals surface area contributed by atoms with Crippen molar-refractivity contribution in [1.29, 1.82) is 0 Å². The third-order valence-corrected chi connectivity index (χ3v) is 4.20. The summed E-state index contributed by atoms with van der Waals surface area (Å²) in [6, 6.07) is 18.5. The van der Waals surface area contributed by atoms with Crippen molar-refractivity contribution in [2.75, 3.05) is 0 Å². The third kappa shape index (κ3) is 3.07. The second-order valence-corrected chi connectivity index (χ2v) is 5.90. The van der Waals surface area contributed by atoms with Crippen LogP contribution in [0.1, 0.15) is 23.1 Å². The van der Waals surface area contributed by atoms with Gasteiger partial charge in [-0.3, -0.25) is 0 Å². The minimum Gasteiger partial charge on any atom is -0.206 e. The molecule has 0 N–H and O–H groups in total. The number of rotatable bonds is 3. The van der Waals surface area contributed by atoms with Gasteiger partial charge in [-0.05, 0) is 36.1 Å². The molecule has 0 saturated carbocycles. The normalized spacial score (nSPS) is 11.1. The highest BCUT2D eigenvalue weighted by molar-refractivity contribution is 5.71. The molecule has 0 bridgehead atoms. The Hall–Kier alpha value is -2.55. The Labute approximate surface area is 139 Å². The lowest BCUT2D eigenvalue weighted by atomic mass is 9.96. The third-order valence-electron chi connectivity index (χ3n) is 4.20. The molecule has 0 aliphatic heterocycles. The topological polar surface area (TPSA) is 0 Å². The van der Waals surface area contributed by atoms with E-state index in [0.29, 0.717) is 5.56 Å². The van der Waals surface area contributed by atoms with Crippen LogP contribution in [0.25, 0.3) is 22.3 Å². The molecule has 0 fully saturated rings. The zero-order chi connectivity index (χ0) is 17.3. The summed E-state index contributed by atoms with van der Waals surface area (Å²) in [4.78, 5) is 0. The van der Waals surface area contributed by atoms with Gasteiger partial charge < -0.3 is 0 Å². The second kappa shape index (κ2) is 6.52. The number of halogens is 3. The van der Waals surface area contributed by atoms with E-state index in [-0.39, 0.29) is 11.1 Å². The van der Waals surface area contributed by atoms with Crippen molar-refractivity contribution >= 4 is 0 Å². The molecule has 122 valence electrons. The van der Waals surface area contributed by atoms with E-state index >= 15 is 0 Å². The first-order valence-corrected chi connectivity index (χ1v) is 7.72. The summed E-state index contributed by atoms with van der Waals surface area (Å²) in [6.07, 6.45) is -2.82. The summed E-state index contributed by atoms with van der Waals surface area (Å²) >= 11 is 0. The van der Waals surface area contributed by atoms with Crippen LogP contribution in [-0.2, 0) is 0 Å². The highest BCUT2D eigenvalue weighted by Crippen LogP contribution is 2.33. The van der Waals surface area contributed by atoms with Crippen LogP contribution < -0.4 is 0 Å². The van der Waals surface area contributed by atoms with Gasteiger partial charge in [0.25, 0.3) is 6.43 Å². The van der Waals surface area contributed by atoms with E-state index in [1.165, 1.54) is 18.6 Å². The summed E-state index contributed by atoms with van der Waals surface area (Å²) in [5.74, 6) is -0.840. The summed E-state index contributed by atoms with van der Waals surface area (Å²) in [5.41, 5.74) is 3.77. The lowest BCUT2D eigenvalue weighted by Gasteiger charge is -2.12. The van der Waals surface area contributed by atoms with E-state index in [2.05, 4.69) is 0 Å². The van der Waals surface area contributed by atoms with Gasteiger partial charge in [-0.15, -0.1) is 0 Å². The van der Waals surface area contributed by atoms with E-state index in [1.807, 2.05) is 43.3 Å². The van der Waals surface area contributed by atoms with Crippen molar-refractivity contribution < 1.29 is 13.2 Å². The van der Waals surface area contributed by atoms with E-state index in [0.717, 1.165) is 11.1 Å². The lowest BCUT2D eigenvalue weighted by molar-refractivity contribution is 0.145. The molecule has 3 rings (SSSR count). The van der Waals surface area contributed by atoms with Crippen LogP contribution in [-0.4, -0.2) is 0 Å². The smallest absolute Gasteiger partial charge is 0.206 e. The molecule has 0 unspecified atom stereocenters. The molecular weight excluding hydrogens is 309 g/mol. The van der Waals surface area contributed by atoms with Crippen LogP contribution in [0, 0.1) is 19.7 Å². The van der Waals surface area contributed by atoms with E-state index in [1.54, 1.807) is 18.2 Å². The fraction of sp³-hybridized carbons (Fsp3) is 0.143. The number of alkyl halides is 2. The number of hydrogen-bond donors (Lipinski definition) is 0. The maximum Gasteiger partial charge on any atom is 0.266 e. The molecule has 0 amide bonds. The van der Waals surface area contributed by atoms with Gasteiger partial charge in [0.05, 0.1) is 5.56 Å². The monoisotopic (exact) mass is 326 g/mol. The SMILES string of the molecule is Cc1ccc(-c2ccc(-c3ccc(C)c(C(F)F)c3F)cc2)cc1. The minimum absolute atomic E-state index is 0.200.